The van der Waals surface area contributed by atoms with E-state index in [1.165, 1.54) is 0 Å². The van der Waals surface area contributed by atoms with Gasteiger partial charge in [0.2, 0.25) is 0 Å². The number of nitrogens with one attached hydrogen (secondary N) is 1. The zero-order valence-electron chi connectivity index (χ0n) is 17.4. The molecule has 2 atom stereocenters. The van der Waals surface area contributed by atoms with Gasteiger partial charge in [0, 0.05) is 37.7 Å². The zero-order valence-corrected chi connectivity index (χ0v) is 17.4. The van der Waals surface area contributed by atoms with Gasteiger partial charge in [-0.05, 0) is 38.3 Å². The molecule has 1 saturated heterocycles. The Kier molecular flexibility index (Phi) is 5.24. The third kappa shape index (κ3) is 3.77. The van der Waals surface area contributed by atoms with Crippen LogP contribution in [0.15, 0.2) is 33.8 Å². The van der Waals surface area contributed by atoms with Crippen molar-refractivity contribution in [2.45, 2.75) is 45.8 Å². The summed E-state index contributed by atoms with van der Waals surface area (Å²) in [6.45, 7) is 9.10. The number of nitrogens with zero attached hydrogens (tertiary/aromatic N) is 3. The van der Waals surface area contributed by atoms with Gasteiger partial charge in [0.25, 0.3) is 0 Å². The summed E-state index contributed by atoms with van der Waals surface area (Å²) in [5.74, 6) is -0.641. The third-order valence-corrected chi connectivity index (χ3v) is 6.31. The largest absolute Gasteiger partial charge is 0.419 e. The Balaban J connectivity index is 1.90. The molecular formula is C22H26F4N4. The average molecular weight is 422 g/mol. The molecule has 3 aliphatic rings. The summed E-state index contributed by atoms with van der Waals surface area (Å²) >= 11 is 0. The van der Waals surface area contributed by atoms with Crippen LogP contribution in [0.2, 0.25) is 0 Å². The predicted octanol–water partition coefficient (Wildman–Crippen LogP) is 4.52. The van der Waals surface area contributed by atoms with E-state index in [2.05, 4.69) is 23.2 Å². The fourth-order valence-corrected chi connectivity index (χ4v) is 4.43. The molecule has 0 aromatic heterocycles. The summed E-state index contributed by atoms with van der Waals surface area (Å²) in [7, 11) is 0. The van der Waals surface area contributed by atoms with Crippen LogP contribution >= 0.6 is 0 Å². The van der Waals surface area contributed by atoms with Crippen molar-refractivity contribution in [3.8, 4) is 0 Å². The van der Waals surface area contributed by atoms with Crippen LogP contribution in [0.25, 0.3) is 0 Å². The minimum absolute atomic E-state index is 0.00410. The molecule has 3 aliphatic heterocycles. The number of aryl methyl sites for hydroxylation is 1. The van der Waals surface area contributed by atoms with Crippen LogP contribution in [-0.4, -0.2) is 48.7 Å². The van der Waals surface area contributed by atoms with Gasteiger partial charge in [-0.25, -0.2) is 9.38 Å². The van der Waals surface area contributed by atoms with Gasteiger partial charge >= 0.3 is 6.18 Å². The first-order valence-electron chi connectivity index (χ1n) is 10.3. The van der Waals surface area contributed by atoms with Crippen LogP contribution in [0.4, 0.5) is 23.2 Å². The minimum atomic E-state index is -4.74. The highest BCUT2D eigenvalue weighted by Crippen LogP contribution is 2.41. The van der Waals surface area contributed by atoms with Gasteiger partial charge in [0.1, 0.15) is 5.82 Å². The normalized spacial score (nSPS) is 27.2. The maximum atomic E-state index is 14.3. The number of alkyl halides is 3. The molecule has 0 saturated carbocycles. The first-order valence-corrected chi connectivity index (χ1v) is 10.3. The van der Waals surface area contributed by atoms with Crippen molar-refractivity contribution in [1.29, 1.82) is 0 Å². The summed E-state index contributed by atoms with van der Waals surface area (Å²) in [5.41, 5.74) is 0.984. The number of amidine groups is 1. The van der Waals surface area contributed by atoms with Crippen molar-refractivity contribution in [2.75, 3.05) is 26.2 Å². The Hall–Kier alpha value is -2.22. The topological polar surface area (TPSA) is 40.0 Å². The molecule has 0 bridgehead atoms. The highest BCUT2D eigenvalue weighted by molar-refractivity contribution is 6.44. The second-order valence-corrected chi connectivity index (χ2v) is 8.59. The molecular weight excluding hydrogens is 396 g/mol. The molecule has 4 nitrogen and oxygen atoms in total. The van der Waals surface area contributed by atoms with Crippen molar-refractivity contribution in [3.05, 3.63) is 40.7 Å². The number of rotatable bonds is 0. The van der Waals surface area contributed by atoms with Crippen molar-refractivity contribution in [2.24, 2.45) is 15.4 Å². The summed E-state index contributed by atoms with van der Waals surface area (Å²) < 4.78 is 54.2. The molecule has 162 valence electrons. The highest BCUT2D eigenvalue weighted by atomic mass is 19.4. The number of benzene rings is 1. The van der Waals surface area contributed by atoms with Crippen molar-refractivity contribution >= 4 is 17.2 Å². The Bertz CT molecular complexity index is 941. The summed E-state index contributed by atoms with van der Waals surface area (Å²) in [6, 6.07) is 1.86. The van der Waals surface area contributed by atoms with E-state index in [1.807, 2.05) is 13.8 Å². The maximum Gasteiger partial charge on any atom is 0.419 e. The van der Waals surface area contributed by atoms with Crippen LogP contribution in [0.5, 0.6) is 0 Å². The van der Waals surface area contributed by atoms with Crippen LogP contribution in [0.3, 0.4) is 0 Å². The third-order valence-electron chi connectivity index (χ3n) is 6.31. The maximum absolute atomic E-state index is 14.3. The molecule has 1 aromatic rings. The van der Waals surface area contributed by atoms with E-state index >= 15 is 0 Å². The van der Waals surface area contributed by atoms with E-state index in [1.54, 1.807) is 0 Å². The van der Waals surface area contributed by atoms with Crippen LogP contribution in [0.1, 0.15) is 38.3 Å². The van der Waals surface area contributed by atoms with Crippen molar-refractivity contribution < 1.29 is 17.6 Å². The number of aliphatic imine (C=N–C) groups is 2. The summed E-state index contributed by atoms with van der Waals surface area (Å²) in [6.07, 6.45) is -1.61. The highest BCUT2D eigenvalue weighted by Gasteiger charge is 2.40. The van der Waals surface area contributed by atoms with E-state index in [4.69, 9.17) is 9.98 Å². The number of fused-ring (bicyclic) bond motifs is 2. The lowest BCUT2D eigenvalue weighted by Crippen LogP contribution is -2.52. The lowest BCUT2D eigenvalue weighted by Gasteiger charge is -2.40. The molecule has 1 aromatic carbocycles. The Morgan fingerprint density at radius 1 is 1.20 bits per heavy atom. The predicted molar refractivity (Wildman–Crippen MR) is 110 cm³/mol. The van der Waals surface area contributed by atoms with Gasteiger partial charge in [0.15, 0.2) is 5.84 Å². The Morgan fingerprint density at radius 3 is 2.57 bits per heavy atom. The summed E-state index contributed by atoms with van der Waals surface area (Å²) in [4.78, 5) is 11.8. The van der Waals surface area contributed by atoms with E-state index in [-0.39, 0.29) is 11.7 Å². The number of allylic oxidation sites excluding steroid dienone is 1. The molecule has 0 spiro atoms. The lowest BCUT2D eigenvalue weighted by atomic mass is 9.74. The molecule has 0 aliphatic carbocycles. The SMILES string of the molecule is CC1=CC2(C)CCc3cc(C(F)(F)F)c(F)cc3N=C(N3CCNCC3)C2=NC1C. The second kappa shape index (κ2) is 7.48. The molecule has 1 N–H and O–H groups in total. The average Bonchev–Trinajstić information content (AvgIpc) is 2.67. The number of hydrogen-bond acceptors (Lipinski definition) is 4. The number of piperazine rings is 1. The van der Waals surface area contributed by atoms with Crippen molar-refractivity contribution in [1.82, 2.24) is 10.2 Å². The van der Waals surface area contributed by atoms with Crippen molar-refractivity contribution in [3.63, 3.8) is 0 Å². The van der Waals surface area contributed by atoms with Crippen LogP contribution in [-0.2, 0) is 12.6 Å². The Morgan fingerprint density at radius 2 is 1.90 bits per heavy atom. The molecule has 4 rings (SSSR count). The minimum Gasteiger partial charge on any atom is -0.353 e. The zero-order chi connectivity index (χ0) is 21.7. The number of hydrogen-bond donors (Lipinski definition) is 1. The van der Waals surface area contributed by atoms with Gasteiger partial charge in [-0.2, -0.15) is 13.2 Å². The molecule has 0 radical (unpaired) electrons. The number of dihydropyridines is 1. The first kappa shape index (κ1) is 21.0. The summed E-state index contributed by atoms with van der Waals surface area (Å²) in [5, 5.41) is 3.30. The van der Waals surface area contributed by atoms with Gasteiger partial charge < -0.3 is 10.2 Å². The monoisotopic (exact) mass is 422 g/mol. The molecule has 30 heavy (non-hydrogen) atoms. The first-order chi connectivity index (χ1) is 14.1. The quantitative estimate of drug-likeness (QED) is 0.493. The molecule has 1 fully saturated rings. The fraction of sp³-hybridized carbons (Fsp3) is 0.545. The fourth-order valence-electron chi connectivity index (χ4n) is 4.43. The van der Waals surface area contributed by atoms with E-state index in [0.717, 1.165) is 36.5 Å². The molecule has 3 heterocycles. The van der Waals surface area contributed by atoms with Gasteiger partial charge in [-0.3, -0.25) is 4.99 Å². The Labute approximate surface area is 173 Å². The van der Waals surface area contributed by atoms with Crippen LogP contribution < -0.4 is 5.32 Å². The van der Waals surface area contributed by atoms with Crippen LogP contribution in [0, 0.1) is 11.2 Å². The van der Waals surface area contributed by atoms with E-state index in [9.17, 15) is 17.6 Å². The van der Waals surface area contributed by atoms with Gasteiger partial charge in [-0.15, -0.1) is 0 Å². The molecule has 8 heteroatoms. The van der Waals surface area contributed by atoms with E-state index < -0.39 is 23.0 Å². The smallest absolute Gasteiger partial charge is 0.353 e. The van der Waals surface area contributed by atoms with E-state index in [0.29, 0.717) is 37.3 Å². The molecule has 2 unspecified atom stereocenters. The lowest BCUT2D eigenvalue weighted by molar-refractivity contribution is -0.140. The second-order valence-electron chi connectivity index (χ2n) is 8.59. The van der Waals surface area contributed by atoms with Gasteiger partial charge in [0.05, 0.1) is 23.0 Å². The molecule has 0 amide bonds. The number of halogens is 4. The standard InChI is InChI=1S/C22H26F4N4/c1-13-12-21(3)5-4-15-10-16(22(24,25)26)17(23)11-18(15)29-20(19(21)28-14(13)2)30-8-6-27-7-9-30/h10-12,14,27H,4-9H2,1-3H3. The van der Waals surface area contributed by atoms with Gasteiger partial charge in [-0.1, -0.05) is 18.6 Å².